The first kappa shape index (κ1) is 18.7. The zero-order valence-electron chi connectivity index (χ0n) is 15.3. The van der Waals surface area contributed by atoms with E-state index in [0.717, 1.165) is 23.7 Å². The third-order valence-corrected chi connectivity index (χ3v) is 9.71. The van der Waals surface area contributed by atoms with Crippen molar-refractivity contribution in [2.75, 3.05) is 14.1 Å². The molecule has 1 saturated heterocycles. The first-order valence-corrected chi connectivity index (χ1v) is 11.2. The molecule has 1 aromatic carbocycles. The predicted octanol–water partition coefficient (Wildman–Crippen LogP) is 3.64. The second-order valence-corrected chi connectivity index (χ2v) is 11.2. The van der Waals surface area contributed by atoms with Crippen molar-refractivity contribution in [3.05, 3.63) is 35.9 Å². The SMILES string of the molecule is CC[Si](CC)(CC)O[C@@H]1C(=O)N(C(=O)N(C)C)[C@@H]1c1ccccc1. The monoisotopic (exact) mass is 348 g/mol. The zero-order valence-corrected chi connectivity index (χ0v) is 16.3. The molecule has 0 N–H and O–H groups in total. The first-order valence-electron chi connectivity index (χ1n) is 8.67. The van der Waals surface area contributed by atoms with Crippen molar-refractivity contribution in [1.82, 2.24) is 9.80 Å². The normalized spacial score (nSPS) is 20.7. The lowest BCUT2D eigenvalue weighted by molar-refractivity contribution is -0.159. The maximum atomic E-state index is 12.7. The van der Waals surface area contributed by atoms with Gasteiger partial charge in [-0.05, 0) is 23.7 Å². The highest BCUT2D eigenvalue weighted by Crippen LogP contribution is 2.40. The fourth-order valence-corrected chi connectivity index (χ4v) is 6.02. The Morgan fingerprint density at radius 1 is 1.12 bits per heavy atom. The number of likely N-dealkylation sites (tertiary alicyclic amines) is 1. The summed E-state index contributed by atoms with van der Waals surface area (Å²) >= 11 is 0. The molecule has 0 unspecified atom stereocenters. The fourth-order valence-electron chi connectivity index (χ4n) is 3.25. The molecule has 0 aliphatic carbocycles. The van der Waals surface area contributed by atoms with E-state index in [0.29, 0.717) is 0 Å². The summed E-state index contributed by atoms with van der Waals surface area (Å²) in [5.74, 6) is -0.213. The van der Waals surface area contributed by atoms with Gasteiger partial charge in [-0.3, -0.25) is 9.69 Å². The van der Waals surface area contributed by atoms with Crippen molar-refractivity contribution >= 4 is 20.3 Å². The van der Waals surface area contributed by atoms with Crippen LogP contribution in [-0.2, 0) is 9.22 Å². The highest BCUT2D eigenvalue weighted by atomic mass is 28.4. The molecule has 24 heavy (non-hydrogen) atoms. The average Bonchev–Trinajstić information content (AvgIpc) is 2.61. The lowest BCUT2D eigenvalue weighted by Gasteiger charge is -2.49. The number of benzene rings is 1. The van der Waals surface area contributed by atoms with Gasteiger partial charge in [-0.15, -0.1) is 0 Å². The molecular formula is C18H28N2O3Si. The molecule has 0 saturated carbocycles. The van der Waals surface area contributed by atoms with Crippen molar-refractivity contribution in [3.8, 4) is 0 Å². The Labute approximate surface area is 145 Å². The number of carbonyl (C=O) groups is 2. The van der Waals surface area contributed by atoms with E-state index in [9.17, 15) is 9.59 Å². The molecule has 1 fully saturated rings. The number of rotatable bonds is 6. The van der Waals surface area contributed by atoms with Gasteiger partial charge in [-0.1, -0.05) is 51.1 Å². The second-order valence-electron chi connectivity index (χ2n) is 6.52. The Kier molecular flexibility index (Phi) is 5.82. The Hall–Kier alpha value is -1.66. The molecule has 1 aliphatic rings. The molecule has 2 rings (SSSR count). The van der Waals surface area contributed by atoms with E-state index in [2.05, 4.69) is 20.8 Å². The van der Waals surface area contributed by atoms with Gasteiger partial charge in [0.25, 0.3) is 5.91 Å². The van der Waals surface area contributed by atoms with Crippen LogP contribution in [0.1, 0.15) is 32.4 Å². The lowest BCUT2D eigenvalue weighted by atomic mass is 9.91. The summed E-state index contributed by atoms with van der Waals surface area (Å²) in [5, 5.41) is 0. The van der Waals surface area contributed by atoms with Crippen LogP contribution in [0.15, 0.2) is 30.3 Å². The minimum atomic E-state index is -1.93. The second kappa shape index (κ2) is 7.48. The highest BCUT2D eigenvalue weighted by molar-refractivity contribution is 6.73. The molecule has 0 aromatic heterocycles. The van der Waals surface area contributed by atoms with E-state index in [-0.39, 0.29) is 18.0 Å². The summed E-state index contributed by atoms with van der Waals surface area (Å²) in [6.07, 6.45) is -0.539. The highest BCUT2D eigenvalue weighted by Gasteiger charge is 2.55. The summed E-state index contributed by atoms with van der Waals surface area (Å²) in [6.45, 7) is 6.42. The van der Waals surface area contributed by atoms with Crippen molar-refractivity contribution in [2.24, 2.45) is 0 Å². The third kappa shape index (κ3) is 3.25. The Balaban J connectivity index is 2.33. The number of amides is 3. The Morgan fingerprint density at radius 3 is 2.12 bits per heavy atom. The van der Waals surface area contributed by atoms with E-state index >= 15 is 0 Å². The largest absolute Gasteiger partial charge is 0.403 e. The predicted molar refractivity (Wildman–Crippen MR) is 97.2 cm³/mol. The van der Waals surface area contributed by atoms with Crippen LogP contribution in [0.5, 0.6) is 0 Å². The topological polar surface area (TPSA) is 49.9 Å². The molecule has 5 nitrogen and oxygen atoms in total. The van der Waals surface area contributed by atoms with E-state index in [1.807, 2.05) is 30.3 Å². The smallest absolute Gasteiger partial charge is 0.326 e. The fraction of sp³-hybridized carbons (Fsp3) is 0.556. The van der Waals surface area contributed by atoms with E-state index in [1.165, 1.54) is 9.80 Å². The molecule has 132 valence electrons. The van der Waals surface area contributed by atoms with E-state index in [4.69, 9.17) is 4.43 Å². The van der Waals surface area contributed by atoms with E-state index in [1.54, 1.807) is 14.1 Å². The van der Waals surface area contributed by atoms with Crippen molar-refractivity contribution in [1.29, 1.82) is 0 Å². The number of β-lactam (4-membered cyclic amide) rings is 1. The van der Waals surface area contributed by atoms with Gasteiger partial charge in [-0.2, -0.15) is 0 Å². The van der Waals surface area contributed by atoms with Crippen LogP contribution in [0.4, 0.5) is 4.79 Å². The number of urea groups is 1. The summed E-state index contributed by atoms with van der Waals surface area (Å²) in [5.41, 5.74) is 0.948. The lowest BCUT2D eigenvalue weighted by Crippen LogP contribution is -2.66. The van der Waals surface area contributed by atoms with Gasteiger partial charge >= 0.3 is 6.03 Å². The molecule has 1 aromatic rings. The standard InChI is InChI=1S/C18H28N2O3Si/c1-6-24(7-2,8-3)23-16-15(14-12-10-9-11-13-14)20(17(16)21)18(22)19(4)5/h9-13,15-16H,6-8H2,1-5H3/t15-,16+/m1/s1. The number of hydrogen-bond acceptors (Lipinski definition) is 3. The minimum Gasteiger partial charge on any atom is -0.403 e. The molecular weight excluding hydrogens is 320 g/mol. The molecule has 3 amide bonds. The van der Waals surface area contributed by atoms with Gasteiger partial charge in [0, 0.05) is 14.1 Å². The molecule has 2 atom stereocenters. The summed E-state index contributed by atoms with van der Waals surface area (Å²) in [7, 11) is 1.39. The van der Waals surface area contributed by atoms with Crippen molar-refractivity contribution < 1.29 is 14.0 Å². The molecule has 6 heteroatoms. The van der Waals surface area contributed by atoms with E-state index < -0.39 is 14.4 Å². The van der Waals surface area contributed by atoms with Crippen LogP contribution in [0.3, 0.4) is 0 Å². The van der Waals surface area contributed by atoms with Gasteiger partial charge in [-0.25, -0.2) is 4.79 Å². The molecule has 0 bridgehead atoms. The number of carbonyl (C=O) groups excluding carboxylic acids is 2. The number of nitrogens with zero attached hydrogens (tertiary/aromatic N) is 2. The van der Waals surface area contributed by atoms with Crippen LogP contribution < -0.4 is 0 Å². The van der Waals surface area contributed by atoms with Crippen molar-refractivity contribution in [2.45, 2.75) is 51.0 Å². The van der Waals surface area contributed by atoms with Gasteiger partial charge in [0.2, 0.25) is 0 Å². The maximum Gasteiger partial charge on any atom is 0.326 e. The van der Waals surface area contributed by atoms with Gasteiger partial charge in [0.1, 0.15) is 6.04 Å². The summed E-state index contributed by atoms with van der Waals surface area (Å²) in [4.78, 5) is 27.9. The van der Waals surface area contributed by atoms with Gasteiger partial charge in [0.05, 0.1) is 0 Å². The number of hydrogen-bond donors (Lipinski definition) is 0. The molecule has 1 heterocycles. The Bertz CT molecular complexity index is 579. The molecule has 0 spiro atoms. The van der Waals surface area contributed by atoms with Crippen LogP contribution in [-0.4, -0.2) is 50.3 Å². The van der Waals surface area contributed by atoms with Crippen molar-refractivity contribution in [3.63, 3.8) is 0 Å². The van der Waals surface area contributed by atoms with Gasteiger partial charge in [0.15, 0.2) is 14.4 Å². The maximum absolute atomic E-state index is 12.7. The van der Waals surface area contributed by atoms with Crippen LogP contribution in [0.2, 0.25) is 18.1 Å². The third-order valence-electron chi connectivity index (χ3n) is 5.09. The molecule has 0 radical (unpaired) electrons. The number of imide groups is 1. The zero-order chi connectivity index (χ0) is 17.9. The van der Waals surface area contributed by atoms with Crippen LogP contribution >= 0.6 is 0 Å². The molecule has 1 aliphatic heterocycles. The Morgan fingerprint density at radius 2 is 1.67 bits per heavy atom. The van der Waals surface area contributed by atoms with Crippen LogP contribution in [0, 0.1) is 0 Å². The summed E-state index contributed by atoms with van der Waals surface area (Å²) in [6, 6.07) is 12.0. The summed E-state index contributed by atoms with van der Waals surface area (Å²) < 4.78 is 6.44. The van der Waals surface area contributed by atoms with Crippen LogP contribution in [0.25, 0.3) is 0 Å². The minimum absolute atomic E-state index is 0.213. The van der Waals surface area contributed by atoms with Gasteiger partial charge < -0.3 is 9.33 Å². The first-order chi connectivity index (χ1) is 11.4. The quantitative estimate of drug-likeness (QED) is 0.582. The average molecular weight is 349 g/mol.